The summed E-state index contributed by atoms with van der Waals surface area (Å²) in [5, 5.41) is 4.99. The van der Waals surface area contributed by atoms with Crippen molar-refractivity contribution in [1.29, 1.82) is 0 Å². The molecule has 0 radical (unpaired) electrons. The van der Waals surface area contributed by atoms with Crippen molar-refractivity contribution in [1.82, 2.24) is 5.32 Å². The Morgan fingerprint density at radius 1 is 1.03 bits per heavy atom. The average molecular weight is 434 g/mol. The third-order valence-electron chi connectivity index (χ3n) is 4.58. The lowest BCUT2D eigenvalue weighted by molar-refractivity contribution is -0.125. The van der Waals surface area contributed by atoms with Crippen molar-refractivity contribution in [2.75, 3.05) is 6.26 Å². The van der Waals surface area contributed by atoms with Gasteiger partial charge in [-0.2, -0.15) is 0 Å². The molecule has 5 heteroatoms. The summed E-state index contributed by atoms with van der Waals surface area (Å²) in [6.45, 7) is 5.99. The van der Waals surface area contributed by atoms with Gasteiger partial charge in [0.2, 0.25) is 5.44 Å². The van der Waals surface area contributed by atoms with Crippen LogP contribution in [0.4, 0.5) is 0 Å². The number of hydrogen-bond acceptors (Lipinski definition) is 4. The first-order valence-electron chi connectivity index (χ1n) is 10.1. The van der Waals surface area contributed by atoms with E-state index in [-0.39, 0.29) is 5.91 Å². The fourth-order valence-electron chi connectivity index (χ4n) is 3.15. The maximum atomic E-state index is 12.7. The van der Waals surface area contributed by atoms with Gasteiger partial charge in [-0.25, -0.2) is 0 Å². The molecule has 4 nitrogen and oxygen atoms in total. The molecular weight excluding hydrogens is 406 g/mol. The van der Waals surface area contributed by atoms with E-state index in [0.29, 0.717) is 12.4 Å². The number of thioether (sulfide) groups is 1. The zero-order valence-corrected chi connectivity index (χ0v) is 19.1. The highest BCUT2D eigenvalue weighted by molar-refractivity contribution is 7.99. The second-order valence-electron chi connectivity index (χ2n) is 7.62. The van der Waals surface area contributed by atoms with Gasteiger partial charge >= 0.3 is 0 Å². The van der Waals surface area contributed by atoms with Crippen molar-refractivity contribution in [2.45, 2.75) is 38.4 Å². The van der Waals surface area contributed by atoms with Crippen LogP contribution in [0.25, 0.3) is 10.8 Å². The van der Waals surface area contributed by atoms with Gasteiger partial charge in [-0.05, 0) is 67.6 Å². The molecule has 3 aromatic carbocycles. The lowest BCUT2D eigenvalue weighted by atomic mass is 10.1. The fraction of sp³-hybridized carbons (Fsp3) is 0.269. The van der Waals surface area contributed by atoms with Gasteiger partial charge in [0, 0.05) is 0 Å². The third-order valence-corrected chi connectivity index (χ3v) is 5.31. The van der Waals surface area contributed by atoms with E-state index < -0.39 is 11.0 Å². The Morgan fingerprint density at radius 3 is 2.39 bits per heavy atom. The molecule has 1 unspecified atom stereocenters. The largest absolute Gasteiger partial charge is 0.489 e. The number of nitrogens with one attached hydrogen (secondary N) is 1. The molecule has 0 aliphatic carbocycles. The minimum Gasteiger partial charge on any atom is -0.489 e. The molecule has 1 amide bonds. The SMILES string of the molecule is CC#CC(C)(C)NC(=O)C(Oc1ccc2ccc(OCc3ccccc3)cc2c1)SC. The zero-order valence-electron chi connectivity index (χ0n) is 18.3. The minimum atomic E-state index is -0.673. The van der Waals surface area contributed by atoms with Crippen molar-refractivity contribution >= 4 is 28.4 Å². The molecule has 0 fully saturated rings. The molecule has 0 aliphatic heterocycles. The van der Waals surface area contributed by atoms with Crippen LogP contribution in [0.1, 0.15) is 26.3 Å². The number of ether oxygens (including phenoxy) is 2. The Hall–Kier alpha value is -3.10. The van der Waals surface area contributed by atoms with Crippen LogP contribution < -0.4 is 14.8 Å². The van der Waals surface area contributed by atoms with E-state index in [2.05, 4.69) is 17.2 Å². The molecule has 0 aromatic heterocycles. The van der Waals surface area contributed by atoms with Crippen molar-refractivity contribution in [3.8, 4) is 23.3 Å². The van der Waals surface area contributed by atoms with Crippen molar-refractivity contribution < 1.29 is 14.3 Å². The van der Waals surface area contributed by atoms with E-state index in [4.69, 9.17) is 9.47 Å². The summed E-state index contributed by atoms with van der Waals surface area (Å²) in [5.41, 5.74) is -0.172. The maximum Gasteiger partial charge on any atom is 0.272 e. The molecule has 1 atom stereocenters. The number of rotatable bonds is 8. The Kier molecular flexibility index (Phi) is 7.49. The van der Waals surface area contributed by atoms with E-state index >= 15 is 0 Å². The molecule has 0 saturated heterocycles. The average Bonchev–Trinajstić information content (AvgIpc) is 2.76. The van der Waals surface area contributed by atoms with Gasteiger partial charge in [0.15, 0.2) is 0 Å². The Balaban J connectivity index is 1.72. The molecule has 0 saturated carbocycles. The van der Waals surface area contributed by atoms with Gasteiger partial charge in [0.1, 0.15) is 18.1 Å². The highest BCUT2D eigenvalue weighted by Gasteiger charge is 2.25. The number of fused-ring (bicyclic) bond motifs is 1. The van der Waals surface area contributed by atoms with E-state index in [1.807, 2.05) is 86.8 Å². The lowest BCUT2D eigenvalue weighted by Gasteiger charge is -2.24. The van der Waals surface area contributed by atoms with Gasteiger partial charge < -0.3 is 14.8 Å². The smallest absolute Gasteiger partial charge is 0.272 e. The minimum absolute atomic E-state index is 0.208. The molecule has 31 heavy (non-hydrogen) atoms. The van der Waals surface area contributed by atoms with Crippen LogP contribution >= 0.6 is 11.8 Å². The number of benzene rings is 3. The second kappa shape index (κ2) is 10.3. The summed E-state index contributed by atoms with van der Waals surface area (Å²) in [4.78, 5) is 12.7. The van der Waals surface area contributed by atoms with E-state index in [0.717, 1.165) is 22.1 Å². The first-order valence-corrected chi connectivity index (χ1v) is 11.3. The summed E-state index contributed by atoms with van der Waals surface area (Å²) in [6, 6.07) is 21.8. The predicted octanol–water partition coefficient (Wildman–Crippen LogP) is 5.40. The van der Waals surface area contributed by atoms with Gasteiger partial charge in [0.25, 0.3) is 5.91 Å². The molecule has 3 rings (SSSR count). The fourth-order valence-corrected chi connectivity index (χ4v) is 3.63. The van der Waals surface area contributed by atoms with Gasteiger partial charge in [-0.1, -0.05) is 48.4 Å². The van der Waals surface area contributed by atoms with Crippen molar-refractivity contribution in [3.05, 3.63) is 72.3 Å². The quantitative estimate of drug-likeness (QED) is 0.381. The van der Waals surface area contributed by atoms with Crippen LogP contribution in [0.2, 0.25) is 0 Å². The van der Waals surface area contributed by atoms with E-state index in [9.17, 15) is 4.79 Å². The lowest BCUT2D eigenvalue weighted by Crippen LogP contribution is -2.47. The van der Waals surface area contributed by atoms with Crippen LogP contribution in [0.3, 0.4) is 0 Å². The Bertz CT molecular complexity index is 1100. The van der Waals surface area contributed by atoms with Crippen LogP contribution in [-0.2, 0) is 11.4 Å². The number of carbonyl (C=O) groups is 1. The molecule has 1 N–H and O–H groups in total. The van der Waals surface area contributed by atoms with Crippen LogP contribution in [0.15, 0.2) is 66.7 Å². The molecule has 160 valence electrons. The van der Waals surface area contributed by atoms with Gasteiger partial charge in [0.05, 0.1) is 5.54 Å². The number of amides is 1. The summed E-state index contributed by atoms with van der Waals surface area (Å²) < 4.78 is 11.9. The van der Waals surface area contributed by atoms with Gasteiger partial charge in [-0.15, -0.1) is 17.7 Å². The summed E-state index contributed by atoms with van der Waals surface area (Å²) in [5.74, 6) is 7.03. The monoisotopic (exact) mass is 433 g/mol. The zero-order chi connectivity index (χ0) is 22.3. The van der Waals surface area contributed by atoms with Crippen molar-refractivity contribution in [2.24, 2.45) is 0 Å². The molecule has 0 spiro atoms. The molecule has 0 aliphatic rings. The first kappa shape index (κ1) is 22.6. The maximum absolute atomic E-state index is 12.7. The Labute approximate surface area is 188 Å². The second-order valence-corrected chi connectivity index (χ2v) is 8.52. The van der Waals surface area contributed by atoms with Crippen molar-refractivity contribution in [3.63, 3.8) is 0 Å². The van der Waals surface area contributed by atoms with Crippen LogP contribution in [0.5, 0.6) is 11.5 Å². The highest BCUT2D eigenvalue weighted by atomic mass is 32.2. The highest BCUT2D eigenvalue weighted by Crippen LogP contribution is 2.27. The van der Waals surface area contributed by atoms with Gasteiger partial charge in [-0.3, -0.25) is 4.79 Å². The topological polar surface area (TPSA) is 47.6 Å². The normalized spacial score (nSPS) is 11.9. The number of carbonyl (C=O) groups excluding carboxylic acids is 1. The van der Waals surface area contributed by atoms with E-state index in [1.165, 1.54) is 11.8 Å². The molecule has 3 aromatic rings. The van der Waals surface area contributed by atoms with E-state index in [1.54, 1.807) is 6.92 Å². The summed E-state index contributed by atoms with van der Waals surface area (Å²) >= 11 is 1.34. The van der Waals surface area contributed by atoms with Crippen LogP contribution in [-0.4, -0.2) is 23.1 Å². The molecule has 0 heterocycles. The summed E-state index contributed by atoms with van der Waals surface area (Å²) in [6.07, 6.45) is 1.85. The molecule has 0 bridgehead atoms. The third kappa shape index (κ3) is 6.44. The number of hydrogen-bond donors (Lipinski definition) is 1. The summed E-state index contributed by atoms with van der Waals surface area (Å²) in [7, 11) is 0. The molecular formula is C26H27NO3S. The standard InChI is InChI=1S/C26H27NO3S/c1-5-15-26(2,3)27-24(28)25(31-4)30-23-14-12-20-11-13-22(16-21(20)17-23)29-18-19-9-7-6-8-10-19/h6-14,16-17,25H,18H2,1-4H3,(H,27,28). The van der Waals surface area contributed by atoms with Crippen LogP contribution in [0, 0.1) is 11.8 Å². The first-order chi connectivity index (χ1) is 14.9. The predicted molar refractivity (Wildman–Crippen MR) is 128 cm³/mol. The Morgan fingerprint density at radius 2 is 1.71 bits per heavy atom.